The topological polar surface area (TPSA) is 72.0 Å². The van der Waals surface area contributed by atoms with Gasteiger partial charge in [-0.2, -0.15) is 10.1 Å². The van der Waals surface area contributed by atoms with Crippen molar-refractivity contribution in [2.75, 3.05) is 17.7 Å². The van der Waals surface area contributed by atoms with Gasteiger partial charge < -0.3 is 15.4 Å². The predicted octanol–water partition coefficient (Wildman–Crippen LogP) is 4.13. The number of methoxy groups -OCH3 is 1. The lowest BCUT2D eigenvalue weighted by Gasteiger charge is -2.09. The standard InChI is InChI=1S/C16H14BrN5O/c1-23-12-6-4-5-11(9-12)19-16-21-15(10-18-22-16)20-14-8-3-2-7-13(14)17/h2-10H,1H3,(H2,19,20,21,22). The van der Waals surface area contributed by atoms with E-state index in [1.165, 1.54) is 0 Å². The maximum atomic E-state index is 5.19. The maximum Gasteiger partial charge on any atom is 0.249 e. The molecule has 1 aromatic heterocycles. The Morgan fingerprint density at radius 3 is 2.74 bits per heavy atom. The molecule has 2 N–H and O–H groups in total. The van der Waals surface area contributed by atoms with Crippen LogP contribution < -0.4 is 15.4 Å². The summed E-state index contributed by atoms with van der Waals surface area (Å²) >= 11 is 3.49. The number of nitrogens with zero attached hydrogens (tertiary/aromatic N) is 3. The van der Waals surface area contributed by atoms with E-state index in [0.29, 0.717) is 11.8 Å². The minimum atomic E-state index is 0.398. The van der Waals surface area contributed by atoms with Crippen LogP contribution in [-0.4, -0.2) is 22.3 Å². The van der Waals surface area contributed by atoms with Gasteiger partial charge in [-0.15, -0.1) is 5.10 Å². The second-order valence-corrected chi connectivity index (χ2v) is 5.48. The van der Waals surface area contributed by atoms with Gasteiger partial charge in [0, 0.05) is 16.2 Å². The van der Waals surface area contributed by atoms with Crippen LogP contribution >= 0.6 is 15.9 Å². The maximum absolute atomic E-state index is 5.19. The quantitative estimate of drug-likeness (QED) is 0.702. The lowest BCUT2D eigenvalue weighted by Crippen LogP contribution is -2.02. The van der Waals surface area contributed by atoms with Crippen molar-refractivity contribution in [3.05, 3.63) is 59.2 Å². The number of nitrogens with one attached hydrogen (secondary N) is 2. The second-order valence-electron chi connectivity index (χ2n) is 4.63. The molecule has 0 fully saturated rings. The highest BCUT2D eigenvalue weighted by Crippen LogP contribution is 2.25. The summed E-state index contributed by atoms with van der Waals surface area (Å²) in [5, 5.41) is 14.3. The van der Waals surface area contributed by atoms with Crippen molar-refractivity contribution >= 4 is 39.1 Å². The summed E-state index contributed by atoms with van der Waals surface area (Å²) in [6, 6.07) is 15.3. The zero-order valence-corrected chi connectivity index (χ0v) is 13.9. The highest BCUT2D eigenvalue weighted by molar-refractivity contribution is 9.10. The fraction of sp³-hybridized carbons (Fsp3) is 0.0625. The lowest BCUT2D eigenvalue weighted by atomic mass is 10.3. The molecule has 0 saturated heterocycles. The van der Waals surface area contributed by atoms with E-state index in [1.54, 1.807) is 13.3 Å². The van der Waals surface area contributed by atoms with E-state index in [4.69, 9.17) is 4.74 Å². The molecule has 3 rings (SSSR count). The summed E-state index contributed by atoms with van der Waals surface area (Å²) in [6.45, 7) is 0. The van der Waals surface area contributed by atoms with Crippen LogP contribution in [0.5, 0.6) is 5.75 Å². The Morgan fingerprint density at radius 2 is 1.91 bits per heavy atom. The number of para-hydroxylation sites is 1. The number of rotatable bonds is 5. The van der Waals surface area contributed by atoms with Gasteiger partial charge >= 0.3 is 0 Å². The zero-order valence-electron chi connectivity index (χ0n) is 12.3. The summed E-state index contributed by atoms with van der Waals surface area (Å²) in [5.74, 6) is 1.75. The minimum Gasteiger partial charge on any atom is -0.497 e. The fourth-order valence-corrected chi connectivity index (χ4v) is 2.33. The first-order valence-corrected chi connectivity index (χ1v) is 7.66. The van der Waals surface area contributed by atoms with Gasteiger partial charge in [0.1, 0.15) is 5.75 Å². The summed E-state index contributed by atoms with van der Waals surface area (Å²) in [6.07, 6.45) is 1.57. The Balaban J connectivity index is 1.78. The van der Waals surface area contributed by atoms with Gasteiger partial charge in [-0.1, -0.05) is 18.2 Å². The zero-order chi connectivity index (χ0) is 16.1. The van der Waals surface area contributed by atoms with E-state index in [-0.39, 0.29) is 0 Å². The van der Waals surface area contributed by atoms with Crippen molar-refractivity contribution in [1.29, 1.82) is 0 Å². The molecule has 7 heteroatoms. The Labute approximate surface area is 142 Å². The van der Waals surface area contributed by atoms with E-state index in [9.17, 15) is 0 Å². The molecule has 3 aromatic rings. The summed E-state index contributed by atoms with van der Waals surface area (Å²) in [7, 11) is 1.62. The molecule has 23 heavy (non-hydrogen) atoms. The fourth-order valence-electron chi connectivity index (χ4n) is 1.95. The van der Waals surface area contributed by atoms with Gasteiger partial charge in [0.15, 0.2) is 5.82 Å². The van der Waals surface area contributed by atoms with Crippen LogP contribution in [0.2, 0.25) is 0 Å². The largest absolute Gasteiger partial charge is 0.497 e. The Bertz CT molecular complexity index is 812. The second kappa shape index (κ2) is 7.06. The number of anilines is 4. The molecule has 0 unspecified atom stereocenters. The van der Waals surface area contributed by atoms with Crippen LogP contribution in [0, 0.1) is 0 Å². The SMILES string of the molecule is COc1cccc(Nc2nncc(Nc3ccccc3Br)n2)c1. The average molecular weight is 372 g/mol. The smallest absolute Gasteiger partial charge is 0.249 e. The molecule has 0 aliphatic carbocycles. The van der Waals surface area contributed by atoms with Gasteiger partial charge in [-0.25, -0.2) is 0 Å². The number of aromatic nitrogens is 3. The van der Waals surface area contributed by atoms with E-state index in [1.807, 2.05) is 48.5 Å². The molecule has 0 spiro atoms. The molecule has 116 valence electrons. The first-order chi connectivity index (χ1) is 11.2. The molecule has 0 radical (unpaired) electrons. The molecule has 0 atom stereocenters. The molecule has 6 nitrogen and oxygen atoms in total. The van der Waals surface area contributed by atoms with Crippen LogP contribution in [0.1, 0.15) is 0 Å². The molecule has 0 saturated carbocycles. The molecule has 0 aliphatic heterocycles. The summed E-state index contributed by atoms with van der Waals surface area (Å²) in [5.41, 5.74) is 1.73. The van der Waals surface area contributed by atoms with Crippen molar-refractivity contribution in [3.8, 4) is 5.75 Å². The molecule has 0 amide bonds. The molecule has 0 aliphatic rings. The van der Waals surface area contributed by atoms with E-state index < -0.39 is 0 Å². The number of hydrogen-bond donors (Lipinski definition) is 2. The number of ether oxygens (including phenoxy) is 1. The molecular weight excluding hydrogens is 358 g/mol. The summed E-state index contributed by atoms with van der Waals surface area (Å²) < 4.78 is 6.14. The highest BCUT2D eigenvalue weighted by Gasteiger charge is 2.04. The van der Waals surface area contributed by atoms with Gasteiger partial charge in [0.2, 0.25) is 5.95 Å². The number of hydrogen-bond acceptors (Lipinski definition) is 6. The monoisotopic (exact) mass is 371 g/mol. The number of halogens is 1. The normalized spacial score (nSPS) is 10.2. The third-order valence-electron chi connectivity index (χ3n) is 3.02. The summed E-state index contributed by atoms with van der Waals surface area (Å²) in [4.78, 5) is 4.40. The Morgan fingerprint density at radius 1 is 1.04 bits per heavy atom. The Hall–Kier alpha value is -2.67. The van der Waals surface area contributed by atoms with Crippen molar-refractivity contribution < 1.29 is 4.74 Å². The van der Waals surface area contributed by atoms with Crippen molar-refractivity contribution in [2.45, 2.75) is 0 Å². The molecule has 2 aromatic carbocycles. The van der Waals surface area contributed by atoms with Crippen molar-refractivity contribution in [2.24, 2.45) is 0 Å². The third-order valence-corrected chi connectivity index (χ3v) is 3.71. The number of benzene rings is 2. The lowest BCUT2D eigenvalue weighted by molar-refractivity contribution is 0.415. The minimum absolute atomic E-state index is 0.398. The first-order valence-electron chi connectivity index (χ1n) is 6.87. The van der Waals surface area contributed by atoms with Crippen molar-refractivity contribution in [1.82, 2.24) is 15.2 Å². The highest BCUT2D eigenvalue weighted by atomic mass is 79.9. The molecule has 0 bridgehead atoms. The van der Waals surface area contributed by atoms with Crippen LogP contribution in [0.4, 0.5) is 23.1 Å². The first kappa shape index (κ1) is 15.2. The van der Waals surface area contributed by atoms with Gasteiger partial charge in [-0.05, 0) is 40.2 Å². The molecule has 1 heterocycles. The van der Waals surface area contributed by atoms with Gasteiger partial charge in [-0.3, -0.25) is 0 Å². The van der Waals surface area contributed by atoms with Gasteiger partial charge in [0.25, 0.3) is 0 Å². The average Bonchev–Trinajstić information content (AvgIpc) is 2.57. The predicted molar refractivity (Wildman–Crippen MR) is 93.5 cm³/mol. The van der Waals surface area contributed by atoms with E-state index in [2.05, 4.69) is 41.7 Å². The van der Waals surface area contributed by atoms with E-state index in [0.717, 1.165) is 21.6 Å². The molecular formula is C16H14BrN5O. The van der Waals surface area contributed by atoms with Crippen LogP contribution in [-0.2, 0) is 0 Å². The van der Waals surface area contributed by atoms with Gasteiger partial charge in [0.05, 0.1) is 19.0 Å². The van der Waals surface area contributed by atoms with Crippen LogP contribution in [0.15, 0.2) is 59.2 Å². The van der Waals surface area contributed by atoms with E-state index >= 15 is 0 Å². The van der Waals surface area contributed by atoms with Crippen LogP contribution in [0.25, 0.3) is 0 Å². The third kappa shape index (κ3) is 3.95. The van der Waals surface area contributed by atoms with Crippen molar-refractivity contribution in [3.63, 3.8) is 0 Å². The van der Waals surface area contributed by atoms with Crippen LogP contribution in [0.3, 0.4) is 0 Å². The Kier molecular flexibility index (Phi) is 4.68.